The third kappa shape index (κ3) is 3.09. The maximum Gasteiger partial charge on any atom is 0.180 e. The average molecular weight is 420 g/mol. The predicted octanol–water partition coefficient (Wildman–Crippen LogP) is 5.85. The summed E-state index contributed by atoms with van der Waals surface area (Å²) in [5, 5.41) is 2.44. The number of nitrogens with zero attached hydrogens (tertiary/aromatic N) is 1. The van der Waals surface area contributed by atoms with Crippen molar-refractivity contribution in [3.05, 3.63) is 120 Å². The van der Waals surface area contributed by atoms with E-state index in [0.717, 1.165) is 43.2 Å². The van der Waals surface area contributed by atoms with Crippen molar-refractivity contribution in [2.24, 2.45) is 0 Å². The topological polar surface area (TPSA) is 21.7 Å². The van der Waals surface area contributed by atoms with Gasteiger partial charge in [-0.05, 0) is 22.9 Å². The van der Waals surface area contributed by atoms with Gasteiger partial charge in [0.05, 0.1) is 13.2 Å². The number of fused-ring (bicyclic) bond motifs is 3. The third-order valence-electron chi connectivity index (χ3n) is 6.51. The fraction of sp³-hybridized carbons (Fsp3) is 0.172. The molecule has 1 saturated heterocycles. The van der Waals surface area contributed by atoms with Gasteiger partial charge in [0.1, 0.15) is 5.75 Å². The standard InChI is InChI=1S/C29H25NO2/c1-3-10-23(11-4-1)29(24-12-5-2-6-13-24)21-26(30-17-19-31-20-18-30)28-25-14-8-7-9-22(25)15-16-27(28)32-29/h1-16,21H,17-20H2. The third-order valence-corrected chi connectivity index (χ3v) is 6.51. The molecule has 2 heterocycles. The first-order valence-electron chi connectivity index (χ1n) is 11.2. The molecule has 0 atom stereocenters. The molecule has 3 nitrogen and oxygen atoms in total. The van der Waals surface area contributed by atoms with E-state index in [4.69, 9.17) is 9.47 Å². The van der Waals surface area contributed by atoms with Crippen LogP contribution >= 0.6 is 0 Å². The molecule has 6 rings (SSSR count). The van der Waals surface area contributed by atoms with Crippen LogP contribution in [-0.4, -0.2) is 31.2 Å². The van der Waals surface area contributed by atoms with Crippen molar-refractivity contribution in [1.29, 1.82) is 0 Å². The summed E-state index contributed by atoms with van der Waals surface area (Å²) in [6, 6.07) is 33.9. The van der Waals surface area contributed by atoms with E-state index >= 15 is 0 Å². The molecule has 1 fully saturated rings. The van der Waals surface area contributed by atoms with Gasteiger partial charge in [0.25, 0.3) is 0 Å². The molecule has 0 radical (unpaired) electrons. The van der Waals surface area contributed by atoms with E-state index in [0.29, 0.717) is 0 Å². The molecule has 0 aromatic heterocycles. The van der Waals surface area contributed by atoms with Crippen LogP contribution < -0.4 is 4.74 Å². The van der Waals surface area contributed by atoms with Crippen molar-refractivity contribution < 1.29 is 9.47 Å². The second-order valence-electron chi connectivity index (χ2n) is 8.36. The van der Waals surface area contributed by atoms with Crippen LogP contribution in [0.1, 0.15) is 16.7 Å². The largest absolute Gasteiger partial charge is 0.473 e. The zero-order chi connectivity index (χ0) is 21.4. The van der Waals surface area contributed by atoms with E-state index in [1.165, 1.54) is 22.0 Å². The summed E-state index contributed by atoms with van der Waals surface area (Å²) in [4.78, 5) is 2.46. The quantitative estimate of drug-likeness (QED) is 0.416. The zero-order valence-electron chi connectivity index (χ0n) is 17.9. The molecule has 0 unspecified atom stereocenters. The van der Waals surface area contributed by atoms with Crippen LogP contribution in [0.15, 0.2) is 103 Å². The molecule has 2 aliphatic heterocycles. The number of benzene rings is 4. The van der Waals surface area contributed by atoms with Gasteiger partial charge >= 0.3 is 0 Å². The summed E-state index contributed by atoms with van der Waals surface area (Å²) in [6.07, 6.45) is 2.33. The van der Waals surface area contributed by atoms with Gasteiger partial charge in [0.2, 0.25) is 0 Å². The van der Waals surface area contributed by atoms with E-state index in [1.54, 1.807) is 0 Å². The monoisotopic (exact) mass is 419 g/mol. The molecule has 0 saturated carbocycles. The fourth-order valence-corrected chi connectivity index (χ4v) is 4.94. The van der Waals surface area contributed by atoms with Gasteiger partial charge in [0.15, 0.2) is 5.60 Å². The Morgan fingerprint density at radius 1 is 0.656 bits per heavy atom. The Bertz CT molecular complexity index is 1240. The molecular formula is C29H25NO2. The lowest BCUT2D eigenvalue weighted by molar-refractivity contribution is 0.0618. The Morgan fingerprint density at radius 3 is 1.97 bits per heavy atom. The molecule has 0 aliphatic carbocycles. The molecule has 32 heavy (non-hydrogen) atoms. The van der Waals surface area contributed by atoms with Crippen molar-refractivity contribution in [3.63, 3.8) is 0 Å². The molecule has 4 aromatic rings. The molecule has 0 amide bonds. The van der Waals surface area contributed by atoms with E-state index in [1.807, 2.05) is 0 Å². The van der Waals surface area contributed by atoms with Gasteiger partial charge < -0.3 is 14.4 Å². The van der Waals surface area contributed by atoms with Crippen LogP contribution in [0.4, 0.5) is 0 Å². The summed E-state index contributed by atoms with van der Waals surface area (Å²) in [6.45, 7) is 3.21. The molecule has 2 aliphatic rings. The van der Waals surface area contributed by atoms with Crippen LogP contribution in [0, 0.1) is 0 Å². The average Bonchev–Trinajstić information content (AvgIpc) is 2.89. The molecule has 158 valence electrons. The van der Waals surface area contributed by atoms with E-state index in [-0.39, 0.29) is 0 Å². The van der Waals surface area contributed by atoms with Crippen LogP contribution in [0.5, 0.6) is 5.75 Å². The second kappa shape index (κ2) is 7.85. The zero-order valence-corrected chi connectivity index (χ0v) is 17.9. The van der Waals surface area contributed by atoms with Gasteiger partial charge in [-0.2, -0.15) is 0 Å². The second-order valence-corrected chi connectivity index (χ2v) is 8.36. The van der Waals surface area contributed by atoms with Crippen molar-refractivity contribution >= 4 is 16.5 Å². The van der Waals surface area contributed by atoms with E-state index < -0.39 is 5.60 Å². The lowest BCUT2D eigenvalue weighted by Gasteiger charge is -2.42. The minimum absolute atomic E-state index is 0.703. The SMILES string of the molecule is C1=C(N2CCOCC2)c2c(ccc3ccccc23)OC1(c1ccccc1)c1ccccc1. The highest BCUT2D eigenvalue weighted by molar-refractivity contribution is 5.97. The molecule has 0 N–H and O–H groups in total. The number of hydrogen-bond donors (Lipinski definition) is 0. The van der Waals surface area contributed by atoms with E-state index in [9.17, 15) is 0 Å². The highest BCUT2D eigenvalue weighted by Crippen LogP contribution is 2.48. The fourth-order valence-electron chi connectivity index (χ4n) is 4.94. The Kier molecular flexibility index (Phi) is 4.70. The van der Waals surface area contributed by atoms with Crippen molar-refractivity contribution in [2.75, 3.05) is 26.3 Å². The minimum atomic E-state index is -0.703. The normalized spacial score (nSPS) is 17.4. The van der Waals surface area contributed by atoms with Gasteiger partial charge in [-0.25, -0.2) is 0 Å². The summed E-state index contributed by atoms with van der Waals surface area (Å²) in [5.41, 5.74) is 3.93. The maximum absolute atomic E-state index is 6.99. The molecule has 4 aromatic carbocycles. The van der Waals surface area contributed by atoms with Crippen molar-refractivity contribution in [3.8, 4) is 5.75 Å². The van der Waals surface area contributed by atoms with Crippen LogP contribution in [-0.2, 0) is 10.3 Å². The predicted molar refractivity (Wildman–Crippen MR) is 129 cm³/mol. The molecule has 3 heteroatoms. The van der Waals surface area contributed by atoms with Gasteiger partial charge in [-0.1, -0.05) is 91.0 Å². The molecule has 0 bridgehead atoms. The van der Waals surface area contributed by atoms with Crippen molar-refractivity contribution in [1.82, 2.24) is 4.90 Å². The van der Waals surface area contributed by atoms with Crippen LogP contribution in [0.2, 0.25) is 0 Å². The summed E-state index contributed by atoms with van der Waals surface area (Å²) >= 11 is 0. The Balaban J connectivity index is 1.66. The van der Waals surface area contributed by atoms with E-state index in [2.05, 4.69) is 108 Å². The van der Waals surface area contributed by atoms with Crippen LogP contribution in [0.25, 0.3) is 16.5 Å². The Morgan fingerprint density at radius 2 is 1.28 bits per heavy atom. The Hall–Kier alpha value is -3.56. The highest BCUT2D eigenvalue weighted by Gasteiger charge is 2.41. The van der Waals surface area contributed by atoms with Gasteiger partial charge in [-0.15, -0.1) is 0 Å². The van der Waals surface area contributed by atoms with Crippen LogP contribution in [0.3, 0.4) is 0 Å². The number of morpholine rings is 1. The van der Waals surface area contributed by atoms with Gasteiger partial charge in [0, 0.05) is 35.5 Å². The smallest absolute Gasteiger partial charge is 0.180 e. The van der Waals surface area contributed by atoms with Gasteiger partial charge in [-0.3, -0.25) is 0 Å². The lowest BCUT2D eigenvalue weighted by atomic mass is 9.81. The first-order chi connectivity index (χ1) is 15.9. The first-order valence-corrected chi connectivity index (χ1v) is 11.2. The maximum atomic E-state index is 6.99. The number of rotatable bonds is 3. The molecule has 0 spiro atoms. The Labute approximate surface area is 188 Å². The summed E-state index contributed by atoms with van der Waals surface area (Å²) < 4.78 is 12.7. The molecular weight excluding hydrogens is 394 g/mol. The van der Waals surface area contributed by atoms with Crippen molar-refractivity contribution in [2.45, 2.75) is 5.60 Å². The number of hydrogen-bond acceptors (Lipinski definition) is 3. The summed E-state index contributed by atoms with van der Waals surface area (Å²) in [7, 11) is 0. The summed E-state index contributed by atoms with van der Waals surface area (Å²) in [5.74, 6) is 0.917. The first kappa shape index (κ1) is 19.1. The lowest BCUT2D eigenvalue weighted by Crippen LogP contribution is -2.41. The minimum Gasteiger partial charge on any atom is -0.473 e. The number of ether oxygens (including phenoxy) is 2. The highest BCUT2D eigenvalue weighted by atomic mass is 16.5.